The SMILES string of the molecule is CCCCCCCCCCCCC(=O)NNC(=O)c1ccc(C(=O)NNC(=O)CCCCCCCCCCCC)cc1. The molecule has 238 valence electrons. The summed E-state index contributed by atoms with van der Waals surface area (Å²) in [7, 11) is 0. The Balaban J connectivity index is 2.12. The maximum atomic E-state index is 12.3. The van der Waals surface area contributed by atoms with E-state index in [9.17, 15) is 19.2 Å². The Morgan fingerprint density at radius 2 is 0.667 bits per heavy atom. The topological polar surface area (TPSA) is 116 Å². The van der Waals surface area contributed by atoms with Crippen LogP contribution in [0, 0.1) is 0 Å². The maximum Gasteiger partial charge on any atom is 0.269 e. The van der Waals surface area contributed by atoms with E-state index < -0.39 is 11.8 Å². The van der Waals surface area contributed by atoms with E-state index in [1.54, 1.807) is 0 Å². The van der Waals surface area contributed by atoms with Crippen molar-refractivity contribution in [1.82, 2.24) is 21.7 Å². The molecule has 0 saturated heterocycles. The molecule has 0 saturated carbocycles. The molecule has 0 atom stereocenters. The number of hydrazine groups is 2. The van der Waals surface area contributed by atoms with Gasteiger partial charge in [-0.1, -0.05) is 129 Å². The van der Waals surface area contributed by atoms with Crippen molar-refractivity contribution in [3.05, 3.63) is 35.4 Å². The molecule has 42 heavy (non-hydrogen) atoms. The summed E-state index contributed by atoms with van der Waals surface area (Å²) in [6.07, 6.45) is 24.7. The van der Waals surface area contributed by atoms with Crippen LogP contribution in [0.4, 0.5) is 0 Å². The molecule has 0 fully saturated rings. The zero-order valence-electron chi connectivity index (χ0n) is 26.5. The minimum atomic E-state index is -0.455. The van der Waals surface area contributed by atoms with Crippen LogP contribution in [0.25, 0.3) is 0 Å². The van der Waals surface area contributed by atoms with E-state index in [2.05, 4.69) is 35.6 Å². The van der Waals surface area contributed by atoms with Crippen LogP contribution in [0.3, 0.4) is 0 Å². The number of amides is 4. The highest BCUT2D eigenvalue weighted by Crippen LogP contribution is 2.12. The van der Waals surface area contributed by atoms with E-state index in [4.69, 9.17) is 0 Å². The summed E-state index contributed by atoms with van der Waals surface area (Å²) >= 11 is 0. The van der Waals surface area contributed by atoms with Crippen molar-refractivity contribution in [3.8, 4) is 0 Å². The third kappa shape index (κ3) is 20.1. The minimum Gasteiger partial charge on any atom is -0.273 e. The molecule has 0 heterocycles. The Hall–Kier alpha value is -2.90. The first-order valence-electron chi connectivity index (χ1n) is 16.8. The smallest absolute Gasteiger partial charge is 0.269 e. The van der Waals surface area contributed by atoms with Crippen molar-refractivity contribution in [3.63, 3.8) is 0 Å². The van der Waals surface area contributed by atoms with Gasteiger partial charge in [-0.05, 0) is 37.1 Å². The number of unbranched alkanes of at least 4 members (excludes halogenated alkanes) is 18. The number of benzene rings is 1. The molecule has 8 heteroatoms. The van der Waals surface area contributed by atoms with Gasteiger partial charge in [0, 0.05) is 24.0 Å². The quantitative estimate of drug-likeness (QED) is 0.0729. The first-order chi connectivity index (χ1) is 20.5. The number of nitrogens with one attached hydrogen (secondary N) is 4. The van der Waals surface area contributed by atoms with E-state index in [0.29, 0.717) is 24.0 Å². The van der Waals surface area contributed by atoms with Crippen LogP contribution in [-0.2, 0) is 9.59 Å². The third-order valence-electron chi connectivity index (χ3n) is 7.55. The van der Waals surface area contributed by atoms with Gasteiger partial charge >= 0.3 is 0 Å². The van der Waals surface area contributed by atoms with Crippen molar-refractivity contribution in [2.24, 2.45) is 0 Å². The van der Waals surface area contributed by atoms with E-state index in [0.717, 1.165) is 38.5 Å². The highest BCUT2D eigenvalue weighted by atomic mass is 16.2. The molecular formula is C34H58N4O4. The average Bonchev–Trinajstić information content (AvgIpc) is 3.00. The lowest BCUT2D eigenvalue weighted by Crippen LogP contribution is -2.42. The van der Waals surface area contributed by atoms with Crippen LogP contribution in [0.2, 0.25) is 0 Å². The first-order valence-corrected chi connectivity index (χ1v) is 16.8. The van der Waals surface area contributed by atoms with Crippen LogP contribution in [0.15, 0.2) is 24.3 Å². The standard InChI is InChI=1S/C34H58N4O4/c1-3-5-7-9-11-13-15-17-19-21-23-31(39)35-37-33(41)29-25-27-30(28-26-29)34(42)38-36-32(40)24-22-20-18-16-14-12-10-8-6-4-2/h25-28H,3-24H2,1-2H3,(H,35,39)(H,36,40)(H,37,41)(H,38,42). The van der Waals surface area contributed by atoms with Crippen LogP contribution in [0.5, 0.6) is 0 Å². The lowest BCUT2D eigenvalue weighted by Gasteiger charge is -2.09. The van der Waals surface area contributed by atoms with Gasteiger partial charge in [-0.25, -0.2) is 0 Å². The molecule has 1 rings (SSSR count). The molecule has 0 aliphatic heterocycles. The predicted octanol–water partition coefficient (Wildman–Crippen LogP) is 7.83. The van der Waals surface area contributed by atoms with Crippen molar-refractivity contribution in [2.45, 2.75) is 155 Å². The Morgan fingerprint density at radius 1 is 0.405 bits per heavy atom. The largest absolute Gasteiger partial charge is 0.273 e. The molecule has 4 amide bonds. The molecule has 0 aliphatic carbocycles. The second-order valence-electron chi connectivity index (χ2n) is 11.4. The van der Waals surface area contributed by atoms with E-state index in [-0.39, 0.29) is 11.8 Å². The summed E-state index contributed by atoms with van der Waals surface area (Å²) in [6.45, 7) is 4.46. The average molecular weight is 587 g/mol. The fraction of sp³-hybridized carbons (Fsp3) is 0.706. The first kappa shape index (κ1) is 37.1. The van der Waals surface area contributed by atoms with Crippen LogP contribution < -0.4 is 21.7 Å². The highest BCUT2D eigenvalue weighted by Gasteiger charge is 2.11. The van der Waals surface area contributed by atoms with Crippen LogP contribution in [-0.4, -0.2) is 23.6 Å². The van der Waals surface area contributed by atoms with E-state index in [1.807, 2.05) is 0 Å². The second-order valence-corrected chi connectivity index (χ2v) is 11.4. The third-order valence-corrected chi connectivity index (χ3v) is 7.55. The van der Waals surface area contributed by atoms with Gasteiger partial charge < -0.3 is 0 Å². The number of carbonyl (C=O) groups excluding carboxylic acids is 4. The molecule has 0 aliphatic rings. The molecule has 0 radical (unpaired) electrons. The molecular weight excluding hydrogens is 528 g/mol. The fourth-order valence-corrected chi connectivity index (χ4v) is 4.84. The van der Waals surface area contributed by atoms with Crippen molar-refractivity contribution < 1.29 is 19.2 Å². The normalized spacial score (nSPS) is 10.7. The number of hydrogen-bond donors (Lipinski definition) is 4. The minimum absolute atomic E-state index is 0.215. The molecule has 1 aromatic rings. The Morgan fingerprint density at radius 3 is 0.952 bits per heavy atom. The molecule has 4 N–H and O–H groups in total. The molecule has 0 aromatic heterocycles. The van der Waals surface area contributed by atoms with Gasteiger partial charge in [0.15, 0.2) is 0 Å². The van der Waals surface area contributed by atoms with Crippen LogP contribution in [0.1, 0.15) is 176 Å². The summed E-state index contributed by atoms with van der Waals surface area (Å²) in [4.78, 5) is 48.8. The summed E-state index contributed by atoms with van der Waals surface area (Å²) in [5.41, 5.74) is 10.4. The van der Waals surface area contributed by atoms with Gasteiger partial charge in [-0.3, -0.25) is 40.9 Å². The predicted molar refractivity (Wildman–Crippen MR) is 171 cm³/mol. The van der Waals surface area contributed by atoms with Crippen molar-refractivity contribution >= 4 is 23.6 Å². The Labute approximate surface area is 254 Å². The summed E-state index contributed by atoms with van der Waals surface area (Å²) in [5, 5.41) is 0. The summed E-state index contributed by atoms with van der Waals surface area (Å²) < 4.78 is 0. The van der Waals surface area contributed by atoms with E-state index in [1.165, 1.54) is 114 Å². The van der Waals surface area contributed by atoms with Gasteiger partial charge in [0.1, 0.15) is 0 Å². The van der Waals surface area contributed by atoms with Gasteiger partial charge in [0.25, 0.3) is 11.8 Å². The highest BCUT2D eigenvalue weighted by molar-refractivity contribution is 5.98. The molecule has 0 bridgehead atoms. The Bertz CT molecular complexity index is 802. The van der Waals surface area contributed by atoms with Gasteiger partial charge in [-0.2, -0.15) is 0 Å². The zero-order valence-corrected chi connectivity index (χ0v) is 26.5. The van der Waals surface area contributed by atoms with Crippen LogP contribution >= 0.6 is 0 Å². The zero-order chi connectivity index (χ0) is 30.7. The lowest BCUT2D eigenvalue weighted by atomic mass is 10.1. The van der Waals surface area contributed by atoms with Crippen molar-refractivity contribution in [1.29, 1.82) is 0 Å². The fourth-order valence-electron chi connectivity index (χ4n) is 4.84. The maximum absolute atomic E-state index is 12.3. The van der Waals surface area contributed by atoms with Crippen molar-refractivity contribution in [2.75, 3.05) is 0 Å². The number of rotatable bonds is 24. The molecule has 1 aromatic carbocycles. The molecule has 0 unspecified atom stereocenters. The Kier molecular flexibility index (Phi) is 22.8. The number of hydrogen-bond acceptors (Lipinski definition) is 4. The lowest BCUT2D eigenvalue weighted by molar-refractivity contribution is -0.122. The molecule has 0 spiro atoms. The van der Waals surface area contributed by atoms with Gasteiger partial charge in [-0.15, -0.1) is 0 Å². The summed E-state index contributed by atoms with van der Waals surface area (Å²) in [6, 6.07) is 6.02. The second kappa shape index (κ2) is 25.8. The summed E-state index contributed by atoms with van der Waals surface area (Å²) in [5.74, 6) is -1.34. The van der Waals surface area contributed by atoms with E-state index >= 15 is 0 Å². The number of carbonyl (C=O) groups is 4. The molecule has 8 nitrogen and oxygen atoms in total. The monoisotopic (exact) mass is 586 g/mol. The van der Waals surface area contributed by atoms with Gasteiger partial charge in [0.2, 0.25) is 11.8 Å². The van der Waals surface area contributed by atoms with Gasteiger partial charge in [0.05, 0.1) is 0 Å².